The molecule has 0 unspecified atom stereocenters. The fraction of sp³-hybridized carbons (Fsp3) is 0.0870. The van der Waals surface area contributed by atoms with Crippen LogP contribution < -0.4 is 15.6 Å². The Hall–Kier alpha value is -4.31. The van der Waals surface area contributed by atoms with Gasteiger partial charge in [0.15, 0.2) is 0 Å². The number of hydrogen-bond donors (Lipinski definition) is 2. The number of nitro groups is 1. The van der Waals surface area contributed by atoms with Gasteiger partial charge in [0, 0.05) is 31.4 Å². The molecule has 0 saturated carbocycles. The van der Waals surface area contributed by atoms with Crippen molar-refractivity contribution in [1.82, 2.24) is 10.7 Å². The van der Waals surface area contributed by atoms with E-state index in [-0.39, 0.29) is 10.7 Å². The molecule has 0 fully saturated rings. The molecule has 10 heteroatoms. The Kier molecular flexibility index (Phi) is 7.66. The largest absolute Gasteiger partial charge is 0.378 e. The lowest BCUT2D eigenvalue weighted by Gasteiger charge is -2.12. The van der Waals surface area contributed by atoms with Crippen LogP contribution in [0.25, 0.3) is 6.08 Å². The van der Waals surface area contributed by atoms with Crippen LogP contribution in [-0.4, -0.2) is 37.0 Å². The van der Waals surface area contributed by atoms with Crippen LogP contribution in [0.5, 0.6) is 0 Å². The molecule has 3 rings (SSSR count). The Balaban J connectivity index is 1.80. The molecule has 2 N–H and O–H groups in total. The van der Waals surface area contributed by atoms with E-state index in [9.17, 15) is 19.7 Å². The average molecular weight is 464 g/mol. The molecule has 0 aliphatic heterocycles. The first-order valence-electron chi connectivity index (χ1n) is 9.76. The van der Waals surface area contributed by atoms with Crippen molar-refractivity contribution in [1.29, 1.82) is 0 Å². The van der Waals surface area contributed by atoms with Crippen LogP contribution in [0.4, 0.5) is 10.7 Å². The van der Waals surface area contributed by atoms with Gasteiger partial charge in [-0.25, -0.2) is 5.43 Å². The second-order valence-corrected chi connectivity index (χ2v) is 8.09. The zero-order valence-corrected chi connectivity index (χ0v) is 18.7. The Morgan fingerprint density at radius 3 is 2.33 bits per heavy atom. The summed E-state index contributed by atoms with van der Waals surface area (Å²) in [6.07, 6.45) is 2.85. The smallest absolute Gasteiger partial charge is 0.324 e. The highest BCUT2D eigenvalue weighted by Gasteiger charge is 2.15. The number of carbonyl (C=O) groups is 2. The SMILES string of the molecule is CN(C)c1ccc(/C=C(\NC(=O)c2ccccc2)C(=O)N/N=C/c2ccc([N+](=O)[O-])s2)cc1. The lowest BCUT2D eigenvalue weighted by molar-refractivity contribution is -0.380. The van der Waals surface area contributed by atoms with Gasteiger partial charge in [-0.2, -0.15) is 5.10 Å². The normalized spacial score (nSPS) is 11.3. The molecule has 0 spiro atoms. The molecule has 1 aromatic heterocycles. The number of nitrogens with one attached hydrogen (secondary N) is 2. The van der Waals surface area contributed by atoms with Crippen molar-refractivity contribution in [3.05, 3.63) is 98.5 Å². The Labute approximate surface area is 194 Å². The molecule has 0 bridgehead atoms. The second kappa shape index (κ2) is 10.8. The quantitative estimate of drug-likeness (QED) is 0.229. The summed E-state index contributed by atoms with van der Waals surface area (Å²) >= 11 is 0.927. The number of hydrogen-bond acceptors (Lipinski definition) is 7. The van der Waals surface area contributed by atoms with Gasteiger partial charge in [-0.15, -0.1) is 0 Å². The fourth-order valence-electron chi connectivity index (χ4n) is 2.70. The molecule has 0 aliphatic rings. The Morgan fingerprint density at radius 1 is 1.03 bits per heavy atom. The van der Waals surface area contributed by atoms with Gasteiger partial charge in [0.25, 0.3) is 11.8 Å². The summed E-state index contributed by atoms with van der Waals surface area (Å²) in [7, 11) is 3.84. The predicted molar refractivity (Wildman–Crippen MR) is 129 cm³/mol. The molecule has 0 radical (unpaired) electrons. The van der Waals surface area contributed by atoms with Crippen LogP contribution in [0.3, 0.4) is 0 Å². The minimum atomic E-state index is -0.640. The van der Waals surface area contributed by atoms with Crippen molar-refractivity contribution < 1.29 is 14.5 Å². The Morgan fingerprint density at radius 2 is 1.73 bits per heavy atom. The second-order valence-electron chi connectivity index (χ2n) is 7.00. The highest BCUT2D eigenvalue weighted by molar-refractivity contribution is 7.16. The summed E-state index contributed by atoms with van der Waals surface area (Å²) < 4.78 is 0. The average Bonchev–Trinajstić information content (AvgIpc) is 3.29. The number of benzene rings is 2. The van der Waals surface area contributed by atoms with E-state index >= 15 is 0 Å². The highest BCUT2D eigenvalue weighted by atomic mass is 32.1. The van der Waals surface area contributed by atoms with E-state index in [4.69, 9.17) is 0 Å². The third kappa shape index (κ3) is 6.58. The first kappa shape index (κ1) is 23.4. The van der Waals surface area contributed by atoms with Crippen LogP contribution in [-0.2, 0) is 4.79 Å². The molecule has 0 aliphatic carbocycles. The first-order valence-corrected chi connectivity index (χ1v) is 10.6. The molecule has 0 atom stereocenters. The highest BCUT2D eigenvalue weighted by Crippen LogP contribution is 2.22. The fourth-order valence-corrected chi connectivity index (χ4v) is 3.40. The summed E-state index contributed by atoms with van der Waals surface area (Å²) in [5, 5.41) is 17.2. The molecular formula is C23H21N5O4S. The molecule has 1 heterocycles. The van der Waals surface area contributed by atoms with Gasteiger partial charge in [-0.3, -0.25) is 19.7 Å². The topological polar surface area (TPSA) is 117 Å². The molecule has 9 nitrogen and oxygen atoms in total. The maximum atomic E-state index is 12.8. The monoisotopic (exact) mass is 463 g/mol. The molecule has 33 heavy (non-hydrogen) atoms. The van der Waals surface area contributed by atoms with Gasteiger partial charge in [0.1, 0.15) is 5.70 Å². The van der Waals surface area contributed by atoms with E-state index in [2.05, 4.69) is 15.8 Å². The molecular weight excluding hydrogens is 442 g/mol. The number of hydrazone groups is 1. The summed E-state index contributed by atoms with van der Waals surface area (Å²) in [5.41, 5.74) is 4.44. The van der Waals surface area contributed by atoms with Crippen LogP contribution in [0, 0.1) is 10.1 Å². The van der Waals surface area contributed by atoms with Gasteiger partial charge in [-0.1, -0.05) is 41.7 Å². The summed E-state index contributed by atoms with van der Waals surface area (Å²) in [6.45, 7) is 0. The standard InChI is InChI=1S/C23H21N5O4S/c1-27(2)18-10-8-16(9-11-18)14-20(25-22(29)17-6-4-3-5-7-17)23(30)26-24-15-19-12-13-21(33-19)28(31)32/h3-15H,1-2H3,(H,25,29)(H,26,30)/b20-14-,24-15+. The minimum absolute atomic E-state index is 0.00392. The van der Waals surface area contributed by atoms with Crippen LogP contribution in [0.2, 0.25) is 0 Å². The zero-order chi connectivity index (χ0) is 23.8. The van der Waals surface area contributed by atoms with E-state index in [0.717, 1.165) is 17.0 Å². The van der Waals surface area contributed by atoms with Gasteiger partial charge in [-0.05, 0) is 42.0 Å². The van der Waals surface area contributed by atoms with Crippen molar-refractivity contribution >= 4 is 46.1 Å². The van der Waals surface area contributed by atoms with Crippen LogP contribution >= 0.6 is 11.3 Å². The molecule has 3 aromatic rings. The third-order valence-corrected chi connectivity index (χ3v) is 5.37. The number of amides is 2. The maximum Gasteiger partial charge on any atom is 0.324 e. The third-order valence-electron chi connectivity index (χ3n) is 4.40. The van der Waals surface area contributed by atoms with Crippen LogP contribution in [0.1, 0.15) is 20.8 Å². The van der Waals surface area contributed by atoms with Gasteiger partial charge >= 0.3 is 5.00 Å². The van der Waals surface area contributed by atoms with Gasteiger partial charge in [0.2, 0.25) is 0 Å². The van der Waals surface area contributed by atoms with E-state index < -0.39 is 16.7 Å². The number of carbonyl (C=O) groups excluding carboxylic acids is 2. The van der Waals surface area contributed by atoms with Crippen molar-refractivity contribution in [3.63, 3.8) is 0 Å². The van der Waals surface area contributed by atoms with E-state index in [1.165, 1.54) is 18.3 Å². The van der Waals surface area contributed by atoms with Crippen molar-refractivity contribution in [2.75, 3.05) is 19.0 Å². The first-order chi connectivity index (χ1) is 15.8. The van der Waals surface area contributed by atoms with Crippen LogP contribution in [0.15, 0.2) is 77.5 Å². The molecule has 2 aromatic carbocycles. The molecule has 168 valence electrons. The number of thiophene rings is 1. The van der Waals surface area contributed by atoms with Crippen molar-refractivity contribution in [2.45, 2.75) is 0 Å². The van der Waals surface area contributed by atoms with Crippen molar-refractivity contribution in [2.24, 2.45) is 5.10 Å². The Bertz CT molecular complexity index is 1200. The number of nitrogens with zero attached hydrogens (tertiary/aromatic N) is 3. The zero-order valence-electron chi connectivity index (χ0n) is 17.9. The number of anilines is 1. The predicted octanol–water partition coefficient (Wildman–Crippen LogP) is 3.64. The summed E-state index contributed by atoms with van der Waals surface area (Å²) in [6, 6.07) is 18.8. The van der Waals surface area contributed by atoms with Gasteiger partial charge < -0.3 is 10.2 Å². The van der Waals surface area contributed by atoms with E-state index in [0.29, 0.717) is 16.0 Å². The summed E-state index contributed by atoms with van der Waals surface area (Å²) in [5.74, 6) is -1.09. The summed E-state index contributed by atoms with van der Waals surface area (Å²) in [4.78, 5) is 38.1. The van der Waals surface area contributed by atoms with Gasteiger partial charge in [0.05, 0.1) is 16.0 Å². The lowest BCUT2D eigenvalue weighted by Crippen LogP contribution is -2.32. The number of rotatable bonds is 8. The van der Waals surface area contributed by atoms with Crippen molar-refractivity contribution in [3.8, 4) is 0 Å². The van der Waals surface area contributed by atoms with E-state index in [1.807, 2.05) is 43.3 Å². The molecule has 2 amide bonds. The minimum Gasteiger partial charge on any atom is -0.378 e. The maximum absolute atomic E-state index is 12.8. The molecule has 0 saturated heterocycles. The van der Waals surface area contributed by atoms with E-state index in [1.54, 1.807) is 36.4 Å². The lowest BCUT2D eigenvalue weighted by atomic mass is 10.1.